The van der Waals surface area contributed by atoms with Crippen LogP contribution in [0, 0.1) is 0 Å². The van der Waals surface area contributed by atoms with Crippen LogP contribution in [0.3, 0.4) is 0 Å². The summed E-state index contributed by atoms with van der Waals surface area (Å²) >= 11 is 0. The fourth-order valence-corrected chi connectivity index (χ4v) is 3.81. The van der Waals surface area contributed by atoms with Crippen molar-refractivity contribution in [3.8, 4) is 0 Å². The van der Waals surface area contributed by atoms with Gasteiger partial charge >= 0.3 is 0 Å². The van der Waals surface area contributed by atoms with E-state index in [4.69, 9.17) is 9.47 Å². The molecule has 5 atom stereocenters. The molecule has 5 nitrogen and oxygen atoms in total. The smallest absolute Gasteiger partial charge is 0.135 e. The van der Waals surface area contributed by atoms with Crippen LogP contribution in [-0.4, -0.2) is 53.1 Å². The van der Waals surface area contributed by atoms with Crippen LogP contribution in [-0.2, 0) is 14.3 Å². The molecule has 1 saturated heterocycles. The summed E-state index contributed by atoms with van der Waals surface area (Å²) in [5, 5.41) is 20.4. The summed E-state index contributed by atoms with van der Waals surface area (Å²) in [6.07, 6.45) is 5.46. The summed E-state index contributed by atoms with van der Waals surface area (Å²) in [7, 11) is 0. The van der Waals surface area contributed by atoms with Crippen LogP contribution in [0.15, 0.2) is 11.1 Å². The summed E-state index contributed by atoms with van der Waals surface area (Å²) < 4.78 is 11.0. The van der Waals surface area contributed by atoms with E-state index in [9.17, 15) is 15.0 Å². The number of carbonyl (C=O) groups excluding carboxylic acids is 1. The first-order valence-corrected chi connectivity index (χ1v) is 9.01. The second kappa shape index (κ2) is 7.43. The number of hydrogen-bond acceptors (Lipinski definition) is 5. The molecule has 0 amide bonds. The molecule has 0 aromatic rings. The predicted octanol–water partition coefficient (Wildman–Crippen LogP) is 1.89. The number of epoxide rings is 1. The Balaban J connectivity index is 1.44. The van der Waals surface area contributed by atoms with Gasteiger partial charge in [-0.1, -0.05) is 39.0 Å². The number of Topliss-reactive ketones (excluding diaryl/α,β-unsaturated/α-hetero) is 1. The molecule has 0 spiro atoms. The lowest BCUT2D eigenvalue weighted by Crippen LogP contribution is -2.36. The number of aliphatic hydroxyl groups is 2. The first-order chi connectivity index (χ1) is 11.1. The summed E-state index contributed by atoms with van der Waals surface area (Å²) in [5.41, 5.74) is 1.43. The van der Waals surface area contributed by atoms with Gasteiger partial charge in [-0.05, 0) is 17.6 Å². The van der Waals surface area contributed by atoms with Crippen molar-refractivity contribution in [1.82, 2.24) is 0 Å². The number of hydrogen-bond donors (Lipinski definition) is 2. The van der Waals surface area contributed by atoms with E-state index in [1.54, 1.807) is 0 Å². The summed E-state index contributed by atoms with van der Waals surface area (Å²) in [6, 6.07) is 0. The average molecular weight is 324 g/mol. The van der Waals surface area contributed by atoms with Gasteiger partial charge in [0.25, 0.3) is 0 Å². The zero-order valence-electron chi connectivity index (χ0n) is 13.9. The molecular formula is C18H28O5. The number of unbranched alkanes of at least 4 members (excludes halogenated alkanes) is 5. The van der Waals surface area contributed by atoms with Gasteiger partial charge in [0, 0.05) is 12.8 Å². The number of rotatable bonds is 9. The van der Waals surface area contributed by atoms with Gasteiger partial charge in [0.1, 0.15) is 30.2 Å². The van der Waals surface area contributed by atoms with Gasteiger partial charge in [0.15, 0.2) is 0 Å². The predicted molar refractivity (Wildman–Crippen MR) is 85.1 cm³/mol. The quantitative estimate of drug-likeness (QED) is 0.385. The van der Waals surface area contributed by atoms with Crippen LogP contribution in [0.5, 0.6) is 0 Å². The van der Waals surface area contributed by atoms with Crippen LogP contribution in [0.2, 0.25) is 0 Å². The Morgan fingerprint density at radius 3 is 2.57 bits per heavy atom. The lowest BCUT2D eigenvalue weighted by molar-refractivity contribution is -0.121. The molecular weight excluding hydrogens is 296 g/mol. The van der Waals surface area contributed by atoms with Crippen LogP contribution in [0.1, 0.15) is 58.3 Å². The van der Waals surface area contributed by atoms with Crippen LogP contribution >= 0.6 is 0 Å². The second-order valence-corrected chi connectivity index (χ2v) is 7.00. The molecule has 0 aromatic heterocycles. The molecule has 23 heavy (non-hydrogen) atoms. The molecule has 0 bridgehead atoms. The van der Waals surface area contributed by atoms with Gasteiger partial charge in [-0.2, -0.15) is 0 Å². The first-order valence-electron chi connectivity index (χ1n) is 9.01. The van der Waals surface area contributed by atoms with Gasteiger partial charge in [-0.25, -0.2) is 0 Å². The van der Waals surface area contributed by atoms with Crippen molar-refractivity contribution in [1.29, 1.82) is 0 Å². The van der Waals surface area contributed by atoms with Crippen molar-refractivity contribution < 1.29 is 24.5 Å². The highest BCUT2D eigenvalue weighted by Gasteiger charge is 2.58. The maximum absolute atomic E-state index is 12.2. The Morgan fingerprint density at radius 2 is 1.78 bits per heavy atom. The maximum atomic E-state index is 12.2. The Bertz CT molecular complexity index is 472. The molecule has 0 saturated carbocycles. The third kappa shape index (κ3) is 3.68. The van der Waals surface area contributed by atoms with Crippen molar-refractivity contribution in [2.75, 3.05) is 6.61 Å². The van der Waals surface area contributed by atoms with Crippen molar-refractivity contribution in [3.05, 3.63) is 11.1 Å². The Morgan fingerprint density at radius 1 is 1.09 bits per heavy atom. The van der Waals surface area contributed by atoms with Crippen LogP contribution < -0.4 is 0 Å². The maximum Gasteiger partial charge on any atom is 0.135 e. The van der Waals surface area contributed by atoms with E-state index in [1.165, 1.54) is 25.7 Å². The summed E-state index contributed by atoms with van der Waals surface area (Å²) in [6.45, 7) is 2.49. The van der Waals surface area contributed by atoms with Crippen LogP contribution in [0.4, 0.5) is 0 Å². The molecule has 2 heterocycles. The van der Waals surface area contributed by atoms with Gasteiger partial charge in [-0.3, -0.25) is 4.79 Å². The highest BCUT2D eigenvalue weighted by atomic mass is 16.6. The number of ether oxygens (including phenoxy) is 2. The van der Waals surface area contributed by atoms with Gasteiger partial charge in [0.2, 0.25) is 0 Å². The average Bonchev–Trinajstić information content (AvgIpc) is 3.24. The Kier molecular flexibility index (Phi) is 5.52. The number of fused-ring (bicyclic) bond motifs is 1. The molecule has 2 N–H and O–H groups in total. The summed E-state index contributed by atoms with van der Waals surface area (Å²) in [4.78, 5) is 12.2. The molecule has 2 aliphatic heterocycles. The SMILES string of the molecule is CCCCCCCCC(=O)CC1OCC2=C1C(O)C1OC1C2O. The van der Waals surface area contributed by atoms with Crippen molar-refractivity contribution in [3.63, 3.8) is 0 Å². The highest BCUT2D eigenvalue weighted by molar-refractivity contribution is 5.79. The molecule has 3 rings (SSSR count). The van der Waals surface area contributed by atoms with E-state index in [0.29, 0.717) is 25.0 Å². The highest BCUT2D eigenvalue weighted by Crippen LogP contribution is 2.45. The standard InChI is InChI=1S/C18H28O5/c1-2-3-4-5-6-7-8-11(19)9-13-14-12(10-22-13)15(20)17-18(23-17)16(14)21/h13,15-18,20-21H,2-10H2,1H3. The third-order valence-corrected chi connectivity index (χ3v) is 5.24. The molecule has 130 valence electrons. The summed E-state index contributed by atoms with van der Waals surface area (Å²) in [5.74, 6) is 0.180. The lowest BCUT2D eigenvalue weighted by Gasteiger charge is -2.23. The van der Waals surface area contributed by atoms with Gasteiger partial charge in [-0.15, -0.1) is 0 Å². The first kappa shape index (κ1) is 17.1. The fourth-order valence-electron chi connectivity index (χ4n) is 3.81. The molecule has 3 aliphatic rings. The topological polar surface area (TPSA) is 79.3 Å². The van der Waals surface area contributed by atoms with Gasteiger partial charge < -0.3 is 19.7 Å². The monoisotopic (exact) mass is 324 g/mol. The van der Waals surface area contributed by atoms with E-state index in [2.05, 4.69) is 6.92 Å². The molecule has 1 aliphatic carbocycles. The third-order valence-electron chi connectivity index (χ3n) is 5.24. The molecule has 0 radical (unpaired) electrons. The van der Waals surface area contributed by atoms with E-state index in [-0.39, 0.29) is 24.1 Å². The normalized spacial score (nSPS) is 35.2. The minimum Gasteiger partial charge on any atom is -0.386 e. The van der Waals surface area contributed by atoms with Crippen molar-refractivity contribution >= 4 is 5.78 Å². The Labute approximate surface area is 137 Å². The molecule has 0 aromatic carbocycles. The minimum atomic E-state index is -0.729. The fraction of sp³-hybridized carbons (Fsp3) is 0.833. The van der Waals surface area contributed by atoms with E-state index >= 15 is 0 Å². The number of carbonyl (C=O) groups is 1. The van der Waals surface area contributed by atoms with E-state index in [1.807, 2.05) is 0 Å². The van der Waals surface area contributed by atoms with E-state index in [0.717, 1.165) is 18.4 Å². The Hall–Kier alpha value is -0.750. The van der Waals surface area contributed by atoms with Crippen molar-refractivity contribution in [2.45, 2.75) is 88.8 Å². The van der Waals surface area contributed by atoms with Crippen LogP contribution in [0.25, 0.3) is 0 Å². The molecule has 1 fully saturated rings. The molecule has 5 unspecified atom stereocenters. The lowest BCUT2D eigenvalue weighted by atomic mass is 9.85. The second-order valence-electron chi connectivity index (χ2n) is 7.00. The zero-order chi connectivity index (χ0) is 16.4. The molecule has 5 heteroatoms. The van der Waals surface area contributed by atoms with Crippen molar-refractivity contribution in [2.24, 2.45) is 0 Å². The number of aliphatic hydroxyl groups excluding tert-OH is 2. The minimum absolute atomic E-state index is 0.180. The largest absolute Gasteiger partial charge is 0.386 e. The number of ketones is 1. The van der Waals surface area contributed by atoms with E-state index < -0.39 is 12.2 Å². The zero-order valence-corrected chi connectivity index (χ0v) is 13.9. The van der Waals surface area contributed by atoms with Gasteiger partial charge in [0.05, 0.1) is 12.7 Å².